The molecule has 0 amide bonds. The monoisotopic (exact) mass is 277 g/mol. The molecule has 2 aliphatic rings. The number of hydrogen-bond donors (Lipinski definition) is 1. The summed E-state index contributed by atoms with van der Waals surface area (Å²) in [6.07, 6.45) is 2.62. The van der Waals surface area contributed by atoms with Crippen LogP contribution in [0.5, 0.6) is 0 Å². The Morgan fingerprint density at radius 3 is 2.76 bits per heavy atom. The van der Waals surface area contributed by atoms with Crippen LogP contribution in [-0.4, -0.2) is 7.05 Å². The molecular formula is C20H23N. The Hall–Kier alpha value is -1.60. The molecular weight excluding hydrogens is 254 g/mol. The molecule has 0 saturated heterocycles. The largest absolute Gasteiger partial charge is 0.313 e. The molecule has 0 spiro atoms. The molecule has 0 aliphatic heterocycles. The minimum atomic E-state index is 0.492. The zero-order valence-corrected chi connectivity index (χ0v) is 12.8. The molecule has 2 aromatic carbocycles. The highest BCUT2D eigenvalue weighted by Gasteiger charge is 2.56. The third kappa shape index (κ3) is 2.11. The lowest BCUT2D eigenvalue weighted by atomic mass is 9.92. The van der Waals surface area contributed by atoms with E-state index < -0.39 is 0 Å². The Morgan fingerprint density at radius 2 is 1.95 bits per heavy atom. The van der Waals surface area contributed by atoms with Gasteiger partial charge in [0.25, 0.3) is 0 Å². The fourth-order valence-corrected chi connectivity index (χ4v) is 4.52. The molecule has 1 saturated carbocycles. The van der Waals surface area contributed by atoms with Gasteiger partial charge in [-0.2, -0.15) is 0 Å². The van der Waals surface area contributed by atoms with Crippen molar-refractivity contribution in [1.82, 2.24) is 5.32 Å². The standard InChI is InChI=1S/C20H23N/c1-13-6-5-8-15(12-13)20(21-2)19-17-11-10-14-7-3-4-9-16(14)18(17)19/h3-9,12,17-21H,10-11H2,1-2H3. The third-order valence-corrected chi connectivity index (χ3v) is 5.49. The first-order valence-electron chi connectivity index (χ1n) is 8.11. The lowest BCUT2D eigenvalue weighted by Gasteiger charge is -2.18. The van der Waals surface area contributed by atoms with Crippen molar-refractivity contribution < 1.29 is 0 Å². The van der Waals surface area contributed by atoms with Crippen molar-refractivity contribution in [2.45, 2.75) is 31.7 Å². The molecule has 0 bridgehead atoms. The predicted octanol–water partition coefficient (Wildman–Crippen LogP) is 4.23. The van der Waals surface area contributed by atoms with Crippen LogP contribution in [0.15, 0.2) is 48.5 Å². The van der Waals surface area contributed by atoms with Crippen LogP contribution in [0.25, 0.3) is 0 Å². The molecule has 21 heavy (non-hydrogen) atoms. The van der Waals surface area contributed by atoms with E-state index in [1.807, 2.05) is 0 Å². The van der Waals surface area contributed by atoms with Gasteiger partial charge in [0, 0.05) is 6.04 Å². The van der Waals surface area contributed by atoms with Crippen molar-refractivity contribution in [2.24, 2.45) is 11.8 Å². The van der Waals surface area contributed by atoms with E-state index >= 15 is 0 Å². The molecule has 0 aromatic heterocycles. The summed E-state index contributed by atoms with van der Waals surface area (Å²) >= 11 is 0. The zero-order valence-electron chi connectivity index (χ0n) is 12.8. The van der Waals surface area contributed by atoms with Crippen molar-refractivity contribution in [3.63, 3.8) is 0 Å². The Kier molecular flexibility index (Phi) is 3.11. The third-order valence-electron chi connectivity index (χ3n) is 5.49. The highest BCUT2D eigenvalue weighted by Crippen LogP contribution is 2.64. The second kappa shape index (κ2) is 4.99. The Labute approximate surface area is 127 Å². The fourth-order valence-electron chi connectivity index (χ4n) is 4.52. The van der Waals surface area contributed by atoms with Crippen LogP contribution in [0.2, 0.25) is 0 Å². The second-order valence-corrected chi connectivity index (χ2v) is 6.68. The van der Waals surface area contributed by atoms with Gasteiger partial charge < -0.3 is 5.32 Å². The first-order chi connectivity index (χ1) is 10.3. The van der Waals surface area contributed by atoms with E-state index in [0.717, 1.165) is 17.8 Å². The van der Waals surface area contributed by atoms with Crippen LogP contribution in [0.1, 0.15) is 40.6 Å². The average molecular weight is 277 g/mol. The Bertz CT molecular complexity index is 660. The van der Waals surface area contributed by atoms with Gasteiger partial charge in [0.1, 0.15) is 0 Å². The minimum absolute atomic E-state index is 0.492. The second-order valence-electron chi connectivity index (χ2n) is 6.68. The number of aryl methyl sites for hydroxylation is 2. The van der Waals surface area contributed by atoms with Crippen LogP contribution in [0.4, 0.5) is 0 Å². The maximum absolute atomic E-state index is 3.59. The Morgan fingerprint density at radius 1 is 1.10 bits per heavy atom. The summed E-state index contributed by atoms with van der Waals surface area (Å²) in [7, 11) is 2.11. The minimum Gasteiger partial charge on any atom is -0.313 e. The SMILES string of the molecule is CNC(c1cccc(C)c1)C1C2CCc3ccccc3C21. The molecule has 4 rings (SSSR count). The molecule has 4 atom stereocenters. The van der Waals surface area contributed by atoms with Gasteiger partial charge in [0.05, 0.1) is 0 Å². The van der Waals surface area contributed by atoms with Gasteiger partial charge in [-0.1, -0.05) is 54.1 Å². The van der Waals surface area contributed by atoms with E-state index in [4.69, 9.17) is 0 Å². The van der Waals surface area contributed by atoms with Crippen molar-refractivity contribution in [3.8, 4) is 0 Å². The average Bonchev–Trinajstić information content (AvgIpc) is 3.23. The molecule has 0 radical (unpaired) electrons. The fraction of sp³-hybridized carbons (Fsp3) is 0.400. The van der Waals surface area contributed by atoms with Crippen molar-refractivity contribution >= 4 is 0 Å². The van der Waals surface area contributed by atoms with Crippen LogP contribution < -0.4 is 5.32 Å². The first-order valence-corrected chi connectivity index (χ1v) is 8.11. The van der Waals surface area contributed by atoms with E-state index in [9.17, 15) is 0 Å². The highest BCUT2D eigenvalue weighted by atomic mass is 14.9. The first kappa shape index (κ1) is 13.1. The van der Waals surface area contributed by atoms with Gasteiger partial charge in [-0.15, -0.1) is 0 Å². The normalized spacial score (nSPS) is 27.6. The summed E-state index contributed by atoms with van der Waals surface area (Å²) < 4.78 is 0. The molecule has 1 fully saturated rings. The summed E-state index contributed by atoms with van der Waals surface area (Å²) in [4.78, 5) is 0. The molecule has 4 unspecified atom stereocenters. The van der Waals surface area contributed by atoms with Crippen molar-refractivity contribution in [3.05, 3.63) is 70.8 Å². The highest BCUT2D eigenvalue weighted by molar-refractivity contribution is 5.41. The molecule has 0 heterocycles. The van der Waals surface area contributed by atoms with Gasteiger partial charge in [-0.05, 0) is 61.3 Å². The summed E-state index contributed by atoms with van der Waals surface area (Å²) in [6, 6.07) is 18.6. The Balaban J connectivity index is 1.66. The van der Waals surface area contributed by atoms with Gasteiger partial charge in [0.2, 0.25) is 0 Å². The smallest absolute Gasteiger partial charge is 0.0355 e. The van der Waals surface area contributed by atoms with E-state index in [-0.39, 0.29) is 0 Å². The summed E-state index contributed by atoms with van der Waals surface area (Å²) in [5, 5.41) is 3.59. The van der Waals surface area contributed by atoms with Gasteiger partial charge in [-0.25, -0.2) is 0 Å². The van der Waals surface area contributed by atoms with Gasteiger partial charge in [0.15, 0.2) is 0 Å². The lowest BCUT2D eigenvalue weighted by molar-refractivity contribution is 0.484. The number of hydrogen-bond acceptors (Lipinski definition) is 1. The number of benzene rings is 2. The summed E-state index contributed by atoms with van der Waals surface area (Å²) in [5.74, 6) is 2.41. The van der Waals surface area contributed by atoms with Crippen LogP contribution in [0.3, 0.4) is 0 Å². The zero-order chi connectivity index (χ0) is 14.4. The summed E-state index contributed by atoms with van der Waals surface area (Å²) in [5.41, 5.74) is 6.01. The predicted molar refractivity (Wildman–Crippen MR) is 87.5 cm³/mol. The van der Waals surface area contributed by atoms with E-state index in [1.165, 1.54) is 24.0 Å². The molecule has 108 valence electrons. The summed E-state index contributed by atoms with van der Waals surface area (Å²) in [6.45, 7) is 2.19. The number of rotatable bonds is 3. The van der Waals surface area contributed by atoms with Gasteiger partial charge >= 0.3 is 0 Å². The van der Waals surface area contributed by atoms with Crippen LogP contribution in [0, 0.1) is 18.8 Å². The van der Waals surface area contributed by atoms with E-state index in [2.05, 4.69) is 67.8 Å². The van der Waals surface area contributed by atoms with Gasteiger partial charge in [-0.3, -0.25) is 0 Å². The van der Waals surface area contributed by atoms with E-state index in [0.29, 0.717) is 6.04 Å². The van der Waals surface area contributed by atoms with Crippen molar-refractivity contribution in [2.75, 3.05) is 7.05 Å². The maximum Gasteiger partial charge on any atom is 0.0355 e. The number of nitrogens with one attached hydrogen (secondary N) is 1. The van der Waals surface area contributed by atoms with Crippen LogP contribution >= 0.6 is 0 Å². The van der Waals surface area contributed by atoms with Crippen molar-refractivity contribution in [1.29, 1.82) is 0 Å². The topological polar surface area (TPSA) is 12.0 Å². The molecule has 1 heteroatoms. The lowest BCUT2D eigenvalue weighted by Crippen LogP contribution is -2.19. The molecule has 1 N–H and O–H groups in total. The number of fused-ring (bicyclic) bond motifs is 3. The molecule has 2 aliphatic carbocycles. The molecule has 1 nitrogen and oxygen atoms in total. The van der Waals surface area contributed by atoms with Crippen LogP contribution in [-0.2, 0) is 6.42 Å². The van der Waals surface area contributed by atoms with E-state index in [1.54, 1.807) is 11.1 Å². The molecule has 2 aromatic rings. The quantitative estimate of drug-likeness (QED) is 0.885. The maximum atomic E-state index is 3.59.